The maximum Gasteiger partial charge on any atom is 0.297 e. The van der Waals surface area contributed by atoms with Crippen molar-refractivity contribution in [1.82, 2.24) is 4.98 Å². The number of pyridine rings is 1. The highest BCUT2D eigenvalue weighted by Gasteiger charge is 2.30. The Kier molecular flexibility index (Phi) is 2.59. The molecule has 0 saturated carbocycles. The summed E-state index contributed by atoms with van der Waals surface area (Å²) in [5.41, 5.74) is -0.377. The van der Waals surface area contributed by atoms with Gasteiger partial charge in [0, 0.05) is 18.0 Å². The fourth-order valence-electron chi connectivity index (χ4n) is 0.703. The summed E-state index contributed by atoms with van der Waals surface area (Å²) in [7, 11) is 0. The van der Waals surface area contributed by atoms with Gasteiger partial charge in [-0.05, 0) is 6.07 Å². The molecule has 1 rings (SSSR count). The molecule has 0 spiro atoms. The normalized spacial score (nSPS) is 11.7. The molecule has 1 aromatic heterocycles. The fraction of sp³-hybridized carbons (Fsp3) is 0.286. The molecule has 0 fully saturated rings. The van der Waals surface area contributed by atoms with Gasteiger partial charge in [0.1, 0.15) is 6.61 Å². The van der Waals surface area contributed by atoms with E-state index < -0.39 is 12.5 Å². The minimum atomic E-state index is -3.27. The van der Waals surface area contributed by atoms with Crippen LogP contribution in [0.1, 0.15) is 5.56 Å². The molecule has 1 N–H and O–H groups in total. The lowest BCUT2D eigenvalue weighted by Crippen LogP contribution is -2.18. The van der Waals surface area contributed by atoms with Crippen molar-refractivity contribution in [3.8, 4) is 0 Å². The van der Waals surface area contributed by atoms with Crippen LogP contribution in [0.5, 0.6) is 0 Å². The van der Waals surface area contributed by atoms with Crippen molar-refractivity contribution >= 4 is 11.6 Å². The molecule has 0 aliphatic carbocycles. The summed E-state index contributed by atoms with van der Waals surface area (Å²) < 4.78 is 25.4. The highest BCUT2D eigenvalue weighted by molar-refractivity contribution is 6.30. The summed E-state index contributed by atoms with van der Waals surface area (Å²) >= 11 is 5.43. The Hall–Kier alpha value is -0.740. The van der Waals surface area contributed by atoms with Gasteiger partial charge in [-0.25, -0.2) is 0 Å². The van der Waals surface area contributed by atoms with E-state index in [1.807, 2.05) is 0 Å². The summed E-state index contributed by atoms with van der Waals surface area (Å²) in [4.78, 5) is 3.48. The van der Waals surface area contributed by atoms with Gasteiger partial charge in [-0.2, -0.15) is 8.78 Å². The maximum atomic E-state index is 12.7. The fourth-order valence-corrected chi connectivity index (χ4v) is 0.877. The number of nitrogens with zero attached hydrogens (tertiary/aromatic N) is 1. The molecule has 1 aromatic rings. The van der Waals surface area contributed by atoms with Gasteiger partial charge in [0.15, 0.2) is 0 Å². The Labute approximate surface area is 72.8 Å². The second-order valence-electron chi connectivity index (χ2n) is 2.25. The quantitative estimate of drug-likeness (QED) is 0.777. The first kappa shape index (κ1) is 9.35. The lowest BCUT2D eigenvalue weighted by Gasteiger charge is -2.12. The monoisotopic (exact) mass is 193 g/mol. The van der Waals surface area contributed by atoms with Crippen LogP contribution in [-0.2, 0) is 5.92 Å². The first-order chi connectivity index (χ1) is 5.56. The van der Waals surface area contributed by atoms with Crippen molar-refractivity contribution in [2.24, 2.45) is 0 Å². The number of aliphatic hydroxyl groups excluding tert-OH is 1. The van der Waals surface area contributed by atoms with Gasteiger partial charge >= 0.3 is 0 Å². The van der Waals surface area contributed by atoms with Crippen LogP contribution in [0.25, 0.3) is 0 Å². The summed E-state index contributed by atoms with van der Waals surface area (Å²) in [6.45, 7) is -1.24. The van der Waals surface area contributed by atoms with Gasteiger partial charge in [0.05, 0.1) is 5.02 Å². The predicted octanol–water partition coefficient (Wildman–Crippen LogP) is 1.82. The van der Waals surface area contributed by atoms with Gasteiger partial charge in [-0.1, -0.05) is 11.6 Å². The zero-order valence-corrected chi connectivity index (χ0v) is 6.72. The molecular formula is C7H6ClF2NO. The summed E-state index contributed by atoms with van der Waals surface area (Å²) in [6.07, 6.45) is 2.22. The summed E-state index contributed by atoms with van der Waals surface area (Å²) in [5.74, 6) is -3.27. The molecule has 0 aliphatic rings. The molecule has 66 valence electrons. The maximum absolute atomic E-state index is 12.7. The summed E-state index contributed by atoms with van der Waals surface area (Å²) in [5, 5.41) is 8.44. The largest absolute Gasteiger partial charge is 0.390 e. The first-order valence-corrected chi connectivity index (χ1v) is 3.54. The lowest BCUT2D eigenvalue weighted by atomic mass is 10.1. The average molecular weight is 194 g/mol. The van der Waals surface area contributed by atoms with Crippen LogP contribution < -0.4 is 0 Å². The molecule has 0 aromatic carbocycles. The van der Waals surface area contributed by atoms with Crippen LogP contribution in [-0.4, -0.2) is 16.7 Å². The average Bonchev–Trinajstić information content (AvgIpc) is 2.05. The van der Waals surface area contributed by atoms with E-state index in [1.165, 1.54) is 6.20 Å². The van der Waals surface area contributed by atoms with Crippen LogP contribution in [0.2, 0.25) is 5.02 Å². The third-order valence-corrected chi connectivity index (χ3v) is 1.53. The summed E-state index contributed by atoms with van der Waals surface area (Å²) in [6, 6.07) is 1.07. The number of alkyl halides is 2. The molecule has 0 unspecified atom stereocenters. The van der Waals surface area contributed by atoms with Crippen LogP contribution in [0.3, 0.4) is 0 Å². The third kappa shape index (κ3) is 1.89. The first-order valence-electron chi connectivity index (χ1n) is 3.16. The van der Waals surface area contributed by atoms with E-state index in [2.05, 4.69) is 4.98 Å². The molecule has 12 heavy (non-hydrogen) atoms. The minimum Gasteiger partial charge on any atom is -0.390 e. The number of aromatic nitrogens is 1. The smallest absolute Gasteiger partial charge is 0.297 e. The SMILES string of the molecule is OCC(F)(F)c1cncc(Cl)c1. The number of hydrogen-bond acceptors (Lipinski definition) is 2. The number of rotatable bonds is 2. The Bertz CT molecular complexity index is 280. The molecular weight excluding hydrogens is 188 g/mol. The standard InChI is InChI=1S/C7H6ClF2NO/c8-6-1-5(2-11-3-6)7(9,10)4-12/h1-3,12H,4H2. The van der Waals surface area contributed by atoms with Crippen molar-refractivity contribution in [3.63, 3.8) is 0 Å². The Morgan fingerprint density at radius 1 is 1.50 bits per heavy atom. The second-order valence-corrected chi connectivity index (χ2v) is 2.69. The zero-order valence-electron chi connectivity index (χ0n) is 5.97. The zero-order chi connectivity index (χ0) is 9.19. The molecule has 0 amide bonds. The number of halogens is 3. The van der Waals surface area contributed by atoms with E-state index in [1.54, 1.807) is 0 Å². The molecule has 0 radical (unpaired) electrons. The van der Waals surface area contributed by atoms with Crippen molar-refractivity contribution in [3.05, 3.63) is 29.0 Å². The molecule has 2 nitrogen and oxygen atoms in total. The lowest BCUT2D eigenvalue weighted by molar-refractivity contribution is -0.0558. The van der Waals surface area contributed by atoms with Crippen molar-refractivity contribution in [2.45, 2.75) is 5.92 Å². The van der Waals surface area contributed by atoms with Gasteiger partial charge in [0.25, 0.3) is 5.92 Å². The van der Waals surface area contributed by atoms with Crippen LogP contribution in [0.4, 0.5) is 8.78 Å². The van der Waals surface area contributed by atoms with Gasteiger partial charge < -0.3 is 5.11 Å². The van der Waals surface area contributed by atoms with E-state index in [9.17, 15) is 8.78 Å². The van der Waals surface area contributed by atoms with E-state index in [0.717, 1.165) is 12.3 Å². The van der Waals surface area contributed by atoms with E-state index in [0.29, 0.717) is 0 Å². The Morgan fingerprint density at radius 3 is 2.67 bits per heavy atom. The van der Waals surface area contributed by atoms with Crippen LogP contribution in [0, 0.1) is 0 Å². The van der Waals surface area contributed by atoms with Crippen LogP contribution >= 0.6 is 11.6 Å². The highest BCUT2D eigenvalue weighted by Crippen LogP contribution is 2.27. The van der Waals surface area contributed by atoms with Gasteiger partial charge in [-0.3, -0.25) is 4.98 Å². The van der Waals surface area contributed by atoms with Crippen molar-refractivity contribution < 1.29 is 13.9 Å². The van der Waals surface area contributed by atoms with E-state index >= 15 is 0 Å². The molecule has 0 atom stereocenters. The molecule has 5 heteroatoms. The van der Waals surface area contributed by atoms with Gasteiger partial charge in [-0.15, -0.1) is 0 Å². The van der Waals surface area contributed by atoms with E-state index in [-0.39, 0.29) is 10.6 Å². The number of aliphatic hydroxyl groups is 1. The predicted molar refractivity (Wildman–Crippen MR) is 40.2 cm³/mol. The van der Waals surface area contributed by atoms with Crippen molar-refractivity contribution in [2.75, 3.05) is 6.61 Å². The molecule has 0 saturated heterocycles. The highest BCUT2D eigenvalue weighted by atomic mass is 35.5. The minimum absolute atomic E-state index is 0.126. The molecule has 0 bridgehead atoms. The second kappa shape index (κ2) is 3.33. The van der Waals surface area contributed by atoms with Crippen LogP contribution in [0.15, 0.2) is 18.5 Å². The van der Waals surface area contributed by atoms with Crippen molar-refractivity contribution in [1.29, 1.82) is 0 Å². The Balaban J connectivity index is 3.03. The van der Waals surface area contributed by atoms with Gasteiger partial charge in [0.2, 0.25) is 0 Å². The third-order valence-electron chi connectivity index (χ3n) is 1.33. The topological polar surface area (TPSA) is 33.1 Å². The molecule has 1 heterocycles. The number of hydrogen-bond donors (Lipinski definition) is 1. The molecule has 0 aliphatic heterocycles. The van der Waals surface area contributed by atoms with E-state index in [4.69, 9.17) is 16.7 Å². The Morgan fingerprint density at radius 2 is 2.17 bits per heavy atom.